The first kappa shape index (κ1) is 28.1. The van der Waals surface area contributed by atoms with Crippen LogP contribution < -0.4 is 16.4 Å². The highest BCUT2D eigenvalue weighted by Crippen LogP contribution is 2.20. The number of aliphatic carboxylic acids is 2. The first-order valence-corrected chi connectivity index (χ1v) is 11.9. The highest BCUT2D eigenvalue weighted by Gasteiger charge is 2.38. The molecule has 14 heteroatoms. The molecule has 4 atom stereocenters. The summed E-state index contributed by atoms with van der Waals surface area (Å²) in [5.74, 6) is -4.86. The Hall–Kier alpha value is -4.46. The quantitative estimate of drug-likeness (QED) is 0.172. The van der Waals surface area contributed by atoms with Gasteiger partial charge < -0.3 is 41.6 Å². The van der Waals surface area contributed by atoms with E-state index in [2.05, 4.69) is 20.6 Å². The van der Waals surface area contributed by atoms with Crippen molar-refractivity contribution in [2.75, 3.05) is 6.54 Å². The monoisotopic (exact) mass is 530 g/mol. The van der Waals surface area contributed by atoms with E-state index in [1.165, 1.54) is 29.6 Å². The fourth-order valence-electron chi connectivity index (χ4n) is 4.23. The molecule has 0 radical (unpaired) electrons. The number of likely N-dealkylation sites (tertiary alicyclic amines) is 1. The Morgan fingerprint density at radius 3 is 2.39 bits per heavy atom. The molecule has 0 aliphatic carbocycles. The lowest BCUT2D eigenvalue weighted by Crippen LogP contribution is -2.57. The van der Waals surface area contributed by atoms with Crippen molar-refractivity contribution in [1.82, 2.24) is 25.5 Å². The summed E-state index contributed by atoms with van der Waals surface area (Å²) in [4.78, 5) is 69.7. The lowest BCUT2D eigenvalue weighted by molar-refractivity contribution is -0.147. The molecule has 14 nitrogen and oxygen atoms in total. The SMILES string of the molecule is NC(Cc1ccc(O)cc1)C(=O)N1CCCC1C(=O)NC(Cc1cnc[nH]1)C(=O)NC(CC(=O)O)C(=O)O. The number of carboxylic acid groups (broad SMARTS) is 2. The predicted octanol–water partition coefficient (Wildman–Crippen LogP) is -1.25. The summed E-state index contributed by atoms with van der Waals surface area (Å²) in [6, 6.07) is 1.42. The van der Waals surface area contributed by atoms with Gasteiger partial charge in [0.15, 0.2) is 0 Å². The third kappa shape index (κ3) is 7.52. The molecule has 8 N–H and O–H groups in total. The number of phenolic OH excluding ortho intramolecular Hbond substituents is 1. The van der Waals surface area contributed by atoms with Gasteiger partial charge in [-0.25, -0.2) is 9.78 Å². The van der Waals surface area contributed by atoms with Crippen molar-refractivity contribution >= 4 is 29.7 Å². The van der Waals surface area contributed by atoms with Crippen LogP contribution in [0.2, 0.25) is 0 Å². The third-order valence-electron chi connectivity index (χ3n) is 6.15. The van der Waals surface area contributed by atoms with Crippen molar-refractivity contribution in [1.29, 1.82) is 0 Å². The molecule has 1 aromatic carbocycles. The molecule has 1 aliphatic heterocycles. The minimum Gasteiger partial charge on any atom is -0.508 e. The number of carbonyl (C=O) groups is 5. The number of nitrogens with zero attached hydrogens (tertiary/aromatic N) is 2. The second-order valence-electron chi connectivity index (χ2n) is 9.01. The Balaban J connectivity index is 1.70. The highest BCUT2D eigenvalue weighted by atomic mass is 16.4. The van der Waals surface area contributed by atoms with Crippen molar-refractivity contribution in [2.45, 2.75) is 56.3 Å². The Bertz CT molecular complexity index is 1150. The third-order valence-corrected chi connectivity index (χ3v) is 6.15. The summed E-state index contributed by atoms with van der Waals surface area (Å²) < 4.78 is 0. The minimum absolute atomic E-state index is 0.0799. The maximum Gasteiger partial charge on any atom is 0.326 e. The van der Waals surface area contributed by atoms with Crippen molar-refractivity contribution in [3.05, 3.63) is 48.0 Å². The molecule has 1 fully saturated rings. The zero-order valence-corrected chi connectivity index (χ0v) is 20.4. The Kier molecular flexibility index (Phi) is 9.38. The van der Waals surface area contributed by atoms with Crippen molar-refractivity contribution in [2.24, 2.45) is 5.73 Å². The Labute approximate surface area is 217 Å². The second-order valence-corrected chi connectivity index (χ2v) is 9.01. The Morgan fingerprint density at radius 2 is 1.79 bits per heavy atom. The highest BCUT2D eigenvalue weighted by molar-refractivity contribution is 5.95. The standard InChI is InChI=1S/C24H30N6O8/c25-16(8-13-3-5-15(31)6-4-13)23(36)30-7-1-2-19(30)22(35)28-17(9-14-11-26-12-27-14)21(34)29-18(24(37)38)10-20(32)33/h3-6,11-12,16-19,31H,1-2,7-10,25H2,(H,26,27)(H,28,35)(H,29,34)(H,32,33)(H,37,38). The topological polar surface area (TPSA) is 228 Å². The molecule has 3 rings (SSSR count). The molecule has 204 valence electrons. The van der Waals surface area contributed by atoms with E-state index < -0.39 is 60.2 Å². The Morgan fingerprint density at radius 1 is 1.08 bits per heavy atom. The van der Waals surface area contributed by atoms with E-state index in [4.69, 9.17) is 10.8 Å². The van der Waals surface area contributed by atoms with E-state index >= 15 is 0 Å². The molecule has 0 bridgehead atoms. The summed E-state index contributed by atoms with van der Waals surface area (Å²) in [5.41, 5.74) is 7.32. The van der Waals surface area contributed by atoms with Crippen LogP contribution in [0.3, 0.4) is 0 Å². The molecule has 1 aliphatic rings. The summed E-state index contributed by atoms with van der Waals surface area (Å²) in [7, 11) is 0. The number of aromatic nitrogens is 2. The van der Waals surface area contributed by atoms with E-state index in [0.717, 1.165) is 5.56 Å². The summed E-state index contributed by atoms with van der Waals surface area (Å²) in [6.45, 7) is 0.289. The summed E-state index contributed by atoms with van der Waals surface area (Å²) in [6.07, 6.45) is 2.91. The van der Waals surface area contributed by atoms with Crippen molar-refractivity contribution < 1.29 is 39.3 Å². The molecule has 38 heavy (non-hydrogen) atoms. The van der Waals surface area contributed by atoms with Gasteiger partial charge in [0.1, 0.15) is 23.9 Å². The molecule has 0 spiro atoms. The van der Waals surface area contributed by atoms with Crippen LogP contribution in [0, 0.1) is 0 Å². The maximum atomic E-state index is 13.2. The van der Waals surface area contributed by atoms with Crippen LogP contribution in [0.1, 0.15) is 30.5 Å². The van der Waals surface area contributed by atoms with Crippen molar-refractivity contribution in [3.8, 4) is 5.75 Å². The van der Waals surface area contributed by atoms with Crippen LogP contribution >= 0.6 is 0 Å². The normalized spacial score (nSPS) is 17.3. The average molecular weight is 531 g/mol. The molecule has 2 aromatic rings. The van der Waals surface area contributed by atoms with Gasteiger partial charge in [-0.3, -0.25) is 19.2 Å². The first-order chi connectivity index (χ1) is 18.0. The number of phenols is 1. The molecular weight excluding hydrogens is 500 g/mol. The van der Waals surface area contributed by atoms with Gasteiger partial charge in [-0.2, -0.15) is 0 Å². The number of hydrogen-bond donors (Lipinski definition) is 7. The molecule has 2 heterocycles. The average Bonchev–Trinajstić information content (AvgIpc) is 3.56. The van der Waals surface area contributed by atoms with Gasteiger partial charge >= 0.3 is 11.9 Å². The van der Waals surface area contributed by atoms with Crippen LogP contribution in [0.15, 0.2) is 36.8 Å². The largest absolute Gasteiger partial charge is 0.508 e. The number of imidazole rings is 1. The van der Waals surface area contributed by atoms with Crippen LogP contribution in [-0.4, -0.2) is 90.6 Å². The van der Waals surface area contributed by atoms with Gasteiger partial charge in [0.05, 0.1) is 18.8 Å². The molecule has 3 amide bonds. The lowest BCUT2D eigenvalue weighted by Gasteiger charge is -2.28. The maximum absolute atomic E-state index is 13.2. The zero-order valence-electron chi connectivity index (χ0n) is 20.4. The molecular formula is C24H30N6O8. The number of amides is 3. The van der Waals surface area contributed by atoms with E-state index in [-0.39, 0.29) is 25.1 Å². The number of aromatic hydroxyl groups is 1. The van der Waals surface area contributed by atoms with Gasteiger partial charge in [0, 0.05) is 24.9 Å². The minimum atomic E-state index is -1.70. The molecule has 1 aromatic heterocycles. The van der Waals surface area contributed by atoms with Crippen LogP contribution in [0.25, 0.3) is 0 Å². The number of nitrogens with two attached hydrogens (primary N) is 1. The summed E-state index contributed by atoms with van der Waals surface area (Å²) in [5, 5.41) is 32.4. The number of carboxylic acids is 2. The van der Waals surface area contributed by atoms with Gasteiger partial charge in [0.2, 0.25) is 17.7 Å². The fourth-order valence-corrected chi connectivity index (χ4v) is 4.23. The number of benzene rings is 1. The van der Waals surface area contributed by atoms with E-state index in [0.29, 0.717) is 18.5 Å². The first-order valence-electron chi connectivity index (χ1n) is 11.9. The van der Waals surface area contributed by atoms with Crippen LogP contribution in [0.5, 0.6) is 5.75 Å². The predicted molar refractivity (Wildman–Crippen MR) is 131 cm³/mol. The second kappa shape index (κ2) is 12.7. The van der Waals surface area contributed by atoms with Crippen molar-refractivity contribution in [3.63, 3.8) is 0 Å². The smallest absolute Gasteiger partial charge is 0.326 e. The number of hydrogen-bond acceptors (Lipinski definition) is 8. The van der Waals surface area contributed by atoms with Crippen LogP contribution in [0.4, 0.5) is 0 Å². The number of H-pyrrole nitrogens is 1. The van der Waals surface area contributed by atoms with Crippen LogP contribution in [-0.2, 0) is 36.8 Å². The molecule has 1 saturated heterocycles. The zero-order chi connectivity index (χ0) is 27.8. The van der Waals surface area contributed by atoms with E-state index in [9.17, 15) is 34.2 Å². The van der Waals surface area contributed by atoms with Gasteiger partial charge in [0.25, 0.3) is 0 Å². The van der Waals surface area contributed by atoms with Gasteiger partial charge in [-0.05, 0) is 37.0 Å². The fraction of sp³-hybridized carbons (Fsp3) is 0.417. The molecule has 0 saturated carbocycles. The lowest BCUT2D eigenvalue weighted by atomic mass is 10.0. The van der Waals surface area contributed by atoms with E-state index in [1.54, 1.807) is 12.1 Å². The van der Waals surface area contributed by atoms with Gasteiger partial charge in [-0.15, -0.1) is 0 Å². The number of aromatic amines is 1. The molecule has 4 unspecified atom stereocenters. The number of nitrogens with one attached hydrogen (secondary N) is 3. The van der Waals surface area contributed by atoms with Gasteiger partial charge in [-0.1, -0.05) is 12.1 Å². The number of rotatable bonds is 12. The van der Waals surface area contributed by atoms with E-state index in [1.807, 2.05) is 0 Å². The number of carbonyl (C=O) groups excluding carboxylic acids is 3. The summed E-state index contributed by atoms with van der Waals surface area (Å²) >= 11 is 0.